The second-order valence-corrected chi connectivity index (χ2v) is 6.05. The Bertz CT molecular complexity index is 725. The molecule has 1 aliphatic carbocycles. The molecule has 0 spiro atoms. The lowest BCUT2D eigenvalue weighted by Gasteiger charge is -2.29. The van der Waals surface area contributed by atoms with Crippen molar-refractivity contribution in [3.63, 3.8) is 0 Å². The lowest BCUT2D eigenvalue weighted by molar-refractivity contribution is -0.123. The van der Waals surface area contributed by atoms with Crippen LogP contribution in [0.15, 0.2) is 28.7 Å². The number of carbonyl (C=O) groups is 2. The fraction of sp³-hybridized carbons (Fsp3) is 0.375. The van der Waals surface area contributed by atoms with Crippen molar-refractivity contribution in [2.75, 3.05) is 0 Å². The Kier molecular flexibility index (Phi) is 4.07. The zero-order valence-corrected chi connectivity index (χ0v) is 12.7. The Hall–Kier alpha value is -2.01. The Balaban J connectivity index is 1.80. The maximum atomic E-state index is 12.4. The maximum absolute atomic E-state index is 12.4. The minimum Gasteiger partial charge on any atom is -0.449 e. The van der Waals surface area contributed by atoms with Crippen LogP contribution in [-0.2, 0) is 4.79 Å². The van der Waals surface area contributed by atoms with E-state index < -0.39 is 0 Å². The third kappa shape index (κ3) is 2.81. The lowest BCUT2D eigenvalue weighted by Crippen LogP contribution is -2.47. The monoisotopic (exact) mass is 320 g/mol. The topological polar surface area (TPSA) is 85.3 Å². The molecule has 2 atom stereocenters. The molecule has 1 fully saturated rings. The van der Waals surface area contributed by atoms with E-state index in [-0.39, 0.29) is 29.5 Å². The first-order valence-corrected chi connectivity index (χ1v) is 7.72. The minimum absolute atomic E-state index is 0.192. The van der Waals surface area contributed by atoms with Crippen LogP contribution in [0, 0.1) is 5.92 Å². The van der Waals surface area contributed by atoms with Crippen LogP contribution in [0.1, 0.15) is 36.2 Å². The summed E-state index contributed by atoms with van der Waals surface area (Å²) in [6, 6.07) is 6.75. The molecule has 0 aliphatic heterocycles. The number of carbonyl (C=O) groups excluding carboxylic acids is 2. The molecule has 6 heteroatoms. The van der Waals surface area contributed by atoms with E-state index in [9.17, 15) is 9.59 Å². The first kappa shape index (κ1) is 14.9. The standard InChI is InChI=1S/C16H17ClN2O3/c17-11-6-3-4-9-8-13(22-14(9)11)16(21)19-12-7-2-1-5-10(12)15(18)20/h3-4,6,8,10,12H,1-2,5,7H2,(H2,18,20)(H,19,21)/t10-,12+/m1/s1. The van der Waals surface area contributed by atoms with Crippen molar-refractivity contribution in [2.24, 2.45) is 11.7 Å². The van der Waals surface area contributed by atoms with Crippen molar-refractivity contribution in [3.05, 3.63) is 35.0 Å². The number of hydrogen-bond donors (Lipinski definition) is 2. The zero-order chi connectivity index (χ0) is 15.7. The summed E-state index contributed by atoms with van der Waals surface area (Å²) in [5, 5.41) is 4.10. The SMILES string of the molecule is NC(=O)[C@@H]1CCCC[C@@H]1NC(=O)c1cc2cccc(Cl)c2o1. The minimum atomic E-state index is -0.363. The van der Waals surface area contributed by atoms with Crippen LogP contribution in [0.3, 0.4) is 0 Å². The molecule has 1 aromatic carbocycles. The third-order valence-corrected chi connectivity index (χ3v) is 4.47. The van der Waals surface area contributed by atoms with Gasteiger partial charge in [0.05, 0.1) is 10.9 Å². The fourth-order valence-electron chi connectivity index (χ4n) is 3.02. The van der Waals surface area contributed by atoms with E-state index in [4.69, 9.17) is 21.8 Å². The van der Waals surface area contributed by atoms with E-state index in [0.717, 1.165) is 24.6 Å². The van der Waals surface area contributed by atoms with Crippen molar-refractivity contribution in [2.45, 2.75) is 31.7 Å². The van der Waals surface area contributed by atoms with Gasteiger partial charge < -0.3 is 15.5 Å². The molecule has 0 saturated heterocycles. The van der Waals surface area contributed by atoms with Crippen LogP contribution in [0.5, 0.6) is 0 Å². The molecular weight excluding hydrogens is 304 g/mol. The summed E-state index contributed by atoms with van der Waals surface area (Å²) in [6.07, 6.45) is 3.40. The van der Waals surface area contributed by atoms with Gasteiger partial charge in [0.15, 0.2) is 11.3 Å². The number of amides is 2. The van der Waals surface area contributed by atoms with E-state index in [1.54, 1.807) is 18.2 Å². The van der Waals surface area contributed by atoms with Crippen LogP contribution < -0.4 is 11.1 Å². The number of halogens is 1. The second kappa shape index (κ2) is 6.01. The Morgan fingerprint density at radius 3 is 2.77 bits per heavy atom. The van der Waals surface area contributed by atoms with Crippen LogP contribution in [0.2, 0.25) is 5.02 Å². The lowest BCUT2D eigenvalue weighted by atomic mass is 9.84. The summed E-state index contributed by atoms with van der Waals surface area (Å²) in [5.74, 6) is -0.828. The highest BCUT2D eigenvalue weighted by Gasteiger charge is 2.31. The van der Waals surface area contributed by atoms with Crippen molar-refractivity contribution in [1.82, 2.24) is 5.32 Å². The van der Waals surface area contributed by atoms with Gasteiger partial charge in [0, 0.05) is 11.4 Å². The second-order valence-electron chi connectivity index (χ2n) is 5.64. The predicted octanol–water partition coefficient (Wildman–Crippen LogP) is 2.86. The number of nitrogens with two attached hydrogens (primary N) is 1. The molecule has 1 heterocycles. The first-order valence-electron chi connectivity index (χ1n) is 7.34. The summed E-state index contributed by atoms with van der Waals surface area (Å²) in [4.78, 5) is 23.9. The Morgan fingerprint density at radius 2 is 2.05 bits per heavy atom. The number of furan rings is 1. The van der Waals surface area contributed by atoms with Gasteiger partial charge >= 0.3 is 0 Å². The van der Waals surface area contributed by atoms with Crippen molar-refractivity contribution >= 4 is 34.4 Å². The normalized spacial score (nSPS) is 21.7. The van der Waals surface area contributed by atoms with Gasteiger partial charge in [0.1, 0.15) is 0 Å². The molecule has 2 amide bonds. The van der Waals surface area contributed by atoms with E-state index in [1.807, 2.05) is 6.07 Å². The molecule has 5 nitrogen and oxygen atoms in total. The van der Waals surface area contributed by atoms with E-state index in [1.165, 1.54) is 0 Å². The fourth-order valence-corrected chi connectivity index (χ4v) is 3.24. The summed E-state index contributed by atoms with van der Waals surface area (Å²) in [5.41, 5.74) is 5.91. The summed E-state index contributed by atoms with van der Waals surface area (Å²) >= 11 is 6.05. The van der Waals surface area contributed by atoms with Crippen molar-refractivity contribution in [1.29, 1.82) is 0 Å². The molecule has 22 heavy (non-hydrogen) atoms. The summed E-state index contributed by atoms with van der Waals surface area (Å²) < 4.78 is 5.54. The molecule has 3 N–H and O–H groups in total. The average Bonchev–Trinajstić information content (AvgIpc) is 2.93. The number of benzene rings is 1. The maximum Gasteiger partial charge on any atom is 0.287 e. The predicted molar refractivity (Wildman–Crippen MR) is 83.6 cm³/mol. The van der Waals surface area contributed by atoms with Crippen LogP contribution in [-0.4, -0.2) is 17.9 Å². The van der Waals surface area contributed by atoms with Gasteiger partial charge in [-0.15, -0.1) is 0 Å². The summed E-state index contributed by atoms with van der Waals surface area (Å²) in [6.45, 7) is 0. The third-order valence-electron chi connectivity index (χ3n) is 4.17. The van der Waals surface area contributed by atoms with E-state index >= 15 is 0 Å². The largest absolute Gasteiger partial charge is 0.449 e. The van der Waals surface area contributed by atoms with Gasteiger partial charge in [0.2, 0.25) is 5.91 Å². The van der Waals surface area contributed by atoms with Crippen molar-refractivity contribution in [3.8, 4) is 0 Å². The molecular formula is C16H17ClN2O3. The molecule has 1 aromatic heterocycles. The molecule has 0 radical (unpaired) electrons. The van der Waals surface area contributed by atoms with Crippen LogP contribution >= 0.6 is 11.6 Å². The number of fused-ring (bicyclic) bond motifs is 1. The highest BCUT2D eigenvalue weighted by molar-refractivity contribution is 6.34. The van der Waals surface area contributed by atoms with Gasteiger partial charge in [-0.05, 0) is 25.0 Å². The molecule has 1 aliphatic rings. The van der Waals surface area contributed by atoms with Gasteiger partial charge in [0.25, 0.3) is 5.91 Å². The highest BCUT2D eigenvalue weighted by atomic mass is 35.5. The number of rotatable bonds is 3. The molecule has 3 rings (SSSR count). The highest BCUT2D eigenvalue weighted by Crippen LogP contribution is 2.28. The van der Waals surface area contributed by atoms with Crippen molar-refractivity contribution < 1.29 is 14.0 Å². The average molecular weight is 321 g/mol. The quantitative estimate of drug-likeness (QED) is 0.911. The Labute approximate surface area is 132 Å². The van der Waals surface area contributed by atoms with Gasteiger partial charge in [-0.3, -0.25) is 9.59 Å². The Morgan fingerprint density at radius 1 is 1.27 bits per heavy atom. The smallest absolute Gasteiger partial charge is 0.287 e. The number of primary amides is 1. The van der Waals surface area contributed by atoms with E-state index in [2.05, 4.69) is 5.32 Å². The first-order chi connectivity index (χ1) is 10.6. The number of para-hydroxylation sites is 1. The molecule has 1 saturated carbocycles. The molecule has 0 bridgehead atoms. The summed E-state index contributed by atoms with van der Waals surface area (Å²) in [7, 11) is 0. The molecule has 2 aromatic rings. The molecule has 0 unspecified atom stereocenters. The van der Waals surface area contributed by atoms with E-state index in [0.29, 0.717) is 17.0 Å². The van der Waals surface area contributed by atoms with Gasteiger partial charge in [-0.1, -0.05) is 36.6 Å². The number of hydrogen-bond acceptors (Lipinski definition) is 3. The van der Waals surface area contributed by atoms with Gasteiger partial charge in [-0.2, -0.15) is 0 Å². The molecule has 116 valence electrons. The van der Waals surface area contributed by atoms with Crippen LogP contribution in [0.4, 0.5) is 0 Å². The van der Waals surface area contributed by atoms with Gasteiger partial charge in [-0.25, -0.2) is 0 Å². The zero-order valence-electron chi connectivity index (χ0n) is 12.0. The van der Waals surface area contributed by atoms with Crippen LogP contribution in [0.25, 0.3) is 11.0 Å². The number of nitrogens with one attached hydrogen (secondary N) is 1.